The largest absolute Gasteiger partial charge is 0 e. The fourth-order valence-corrected chi connectivity index (χ4v) is 12.7. The summed E-state index contributed by atoms with van der Waals surface area (Å²) < 4.78 is 32.7. The topological polar surface area (TPSA) is 56.7 Å². The number of benzene rings is 6. The normalized spacial score (nSPS) is 12.6. The first-order valence-electron chi connectivity index (χ1n) is 24.9. The quantitative estimate of drug-likeness (QED) is 0.107. The molecular formula is C61H60GeIrN4O-2. The van der Waals surface area contributed by atoms with Crippen LogP contribution in [0, 0.1) is 25.9 Å². The van der Waals surface area contributed by atoms with Crippen molar-refractivity contribution >= 4 is 50.6 Å². The number of aromatic nitrogens is 4. The molecule has 0 amide bonds. The number of imidazole rings is 1. The molecule has 0 aliphatic heterocycles. The van der Waals surface area contributed by atoms with Crippen molar-refractivity contribution in [3.05, 3.63) is 186 Å². The molecule has 0 aliphatic rings. The molecule has 0 spiro atoms. The maximum absolute atomic E-state index is 7.44. The second kappa shape index (κ2) is 20.0. The molecule has 7 heteroatoms. The van der Waals surface area contributed by atoms with Gasteiger partial charge in [0.2, 0.25) is 0 Å². The fourth-order valence-electron chi connectivity index (χ4n) is 9.16. The van der Waals surface area contributed by atoms with Crippen LogP contribution in [0.5, 0.6) is 0 Å². The standard InChI is InChI=1S/C43H36N3O.C18H24GeN.Ir/c1-26(2)35-23-31(29-15-8-6-9-16-29)24-36(27(3)4)41(35)46-38-25-37(30-17-10-7-11-18-30)44-28(5)40(38)45-43(46)34-21-14-20-33-32-19-12-13-22-39(32)47-42(33)34;1-13(2)16-11-18(15-9-7-14(3)8-10-15)20-12-17(16)19(4,5)6;/h6-20,22-27H,1-5H3;7-9,11-13H,1-6H3;/q2*-1;/i;3D3;. The summed E-state index contributed by atoms with van der Waals surface area (Å²) in [7, 11) is 0. The Morgan fingerprint density at radius 2 is 1.29 bits per heavy atom. The molecular weight excluding hydrogens is 1070 g/mol. The zero-order valence-electron chi connectivity index (χ0n) is 43.6. The number of rotatable bonds is 9. The van der Waals surface area contributed by atoms with Crippen molar-refractivity contribution in [2.75, 3.05) is 0 Å². The Balaban J connectivity index is 0.000000238. The number of fused-ring (bicyclic) bond motifs is 4. The molecule has 10 aromatic rings. The third-order valence-electron chi connectivity index (χ3n) is 12.6. The van der Waals surface area contributed by atoms with Gasteiger partial charge in [0, 0.05) is 36.7 Å². The molecule has 0 aliphatic carbocycles. The van der Waals surface area contributed by atoms with Crippen LogP contribution >= 0.6 is 0 Å². The Morgan fingerprint density at radius 1 is 0.647 bits per heavy atom. The van der Waals surface area contributed by atoms with Gasteiger partial charge in [0.05, 0.1) is 33.8 Å². The average molecular weight is 1130 g/mol. The minimum absolute atomic E-state index is 0. The average Bonchev–Trinajstić information content (AvgIpc) is 3.93. The molecule has 10 rings (SSSR count). The monoisotopic (exact) mass is 1130 g/mol. The molecule has 0 saturated heterocycles. The SMILES string of the molecule is Cc1nc(-c2ccccc2)cc2c1nc(-c1[c-]ccc3c1oc1ccccc13)n2-c1c(C(C)C)cc(-c2ccccc2)cc1C(C)C.[2H]C([2H])([2H])c1c[c-]c(-c2cc(C(C)C)[c]([Ge]([CH3])([CH3])[CH3])cn2)cc1.[Ir]. The van der Waals surface area contributed by atoms with E-state index < -0.39 is 20.1 Å². The van der Waals surface area contributed by atoms with Crippen LogP contribution in [0.2, 0.25) is 17.3 Å². The van der Waals surface area contributed by atoms with Crippen LogP contribution in [0.1, 0.15) is 91.4 Å². The summed E-state index contributed by atoms with van der Waals surface area (Å²) in [6, 6.07) is 54.1. The van der Waals surface area contributed by atoms with Gasteiger partial charge in [-0.1, -0.05) is 118 Å². The van der Waals surface area contributed by atoms with Crippen molar-refractivity contribution in [2.45, 2.75) is 90.3 Å². The molecule has 0 saturated carbocycles. The molecule has 345 valence electrons. The summed E-state index contributed by atoms with van der Waals surface area (Å²) in [5.74, 6) is 8.87. The number of furan rings is 1. The van der Waals surface area contributed by atoms with Gasteiger partial charge in [-0.2, -0.15) is 0 Å². The predicted molar refractivity (Wildman–Crippen MR) is 285 cm³/mol. The van der Waals surface area contributed by atoms with Crippen LogP contribution in [0.25, 0.3) is 83.7 Å². The number of pyridine rings is 2. The summed E-state index contributed by atoms with van der Waals surface area (Å²) in [4.78, 5) is 15.1. The van der Waals surface area contributed by atoms with Crippen LogP contribution < -0.4 is 4.40 Å². The Labute approximate surface area is 423 Å². The van der Waals surface area contributed by atoms with Gasteiger partial charge in [0.25, 0.3) is 0 Å². The molecule has 1 radical (unpaired) electrons. The number of para-hydroxylation sites is 1. The summed E-state index contributed by atoms with van der Waals surface area (Å²) in [6.07, 6.45) is 2.02. The van der Waals surface area contributed by atoms with E-state index in [4.69, 9.17) is 18.5 Å². The second-order valence-corrected chi connectivity index (χ2v) is 30.1. The maximum Gasteiger partial charge on any atom is 0 e. The third-order valence-corrected chi connectivity index (χ3v) is 16.9. The zero-order valence-corrected chi connectivity index (χ0v) is 45.1. The van der Waals surface area contributed by atoms with E-state index in [1.54, 1.807) is 18.2 Å². The van der Waals surface area contributed by atoms with E-state index >= 15 is 0 Å². The molecule has 4 heterocycles. The van der Waals surface area contributed by atoms with Gasteiger partial charge in [-0.05, 0) is 65.3 Å². The fraction of sp³-hybridized carbons (Fsp3) is 0.230. The van der Waals surface area contributed by atoms with E-state index in [9.17, 15) is 0 Å². The van der Waals surface area contributed by atoms with Crippen molar-refractivity contribution in [3.63, 3.8) is 0 Å². The third kappa shape index (κ3) is 9.56. The molecule has 68 heavy (non-hydrogen) atoms. The zero-order chi connectivity index (χ0) is 49.6. The molecule has 4 aromatic heterocycles. The van der Waals surface area contributed by atoms with E-state index in [1.165, 1.54) is 37.9 Å². The van der Waals surface area contributed by atoms with Crippen molar-refractivity contribution < 1.29 is 28.6 Å². The molecule has 6 aromatic carbocycles. The molecule has 5 nitrogen and oxygen atoms in total. The van der Waals surface area contributed by atoms with E-state index in [2.05, 4.69) is 184 Å². The van der Waals surface area contributed by atoms with Crippen molar-refractivity contribution in [1.29, 1.82) is 0 Å². The summed E-state index contributed by atoms with van der Waals surface area (Å²) in [6.45, 7) is 13.5. The van der Waals surface area contributed by atoms with Gasteiger partial charge in [-0.15, -0.1) is 18.2 Å². The minimum atomic E-state index is -2.09. The summed E-state index contributed by atoms with van der Waals surface area (Å²) in [5, 5.41) is 2.14. The summed E-state index contributed by atoms with van der Waals surface area (Å²) in [5.41, 5.74) is 16.8. The number of hydrogen-bond donors (Lipinski definition) is 0. The van der Waals surface area contributed by atoms with E-state index in [0.717, 1.165) is 72.6 Å². The van der Waals surface area contributed by atoms with Crippen molar-refractivity contribution in [3.8, 4) is 50.7 Å². The number of nitrogens with zero attached hydrogens (tertiary/aromatic N) is 4. The Morgan fingerprint density at radius 3 is 1.91 bits per heavy atom. The first kappa shape index (κ1) is 44.6. The van der Waals surface area contributed by atoms with E-state index in [0.29, 0.717) is 11.5 Å². The van der Waals surface area contributed by atoms with E-state index in [-0.39, 0.29) is 31.9 Å². The molecule has 0 N–H and O–H groups in total. The first-order valence-corrected chi connectivity index (χ1v) is 30.8. The summed E-state index contributed by atoms with van der Waals surface area (Å²) >= 11 is -1.97. The predicted octanol–water partition coefficient (Wildman–Crippen LogP) is 16.2. The van der Waals surface area contributed by atoms with E-state index in [1.807, 2.05) is 30.5 Å². The second-order valence-electron chi connectivity index (χ2n) is 19.5. The Bertz CT molecular complexity index is 3470. The van der Waals surface area contributed by atoms with Gasteiger partial charge < -0.3 is 8.98 Å². The molecule has 0 bridgehead atoms. The Hall–Kier alpha value is -5.92. The smallest absolute Gasteiger partial charge is 0 e. The van der Waals surface area contributed by atoms with Crippen molar-refractivity contribution in [1.82, 2.24) is 19.5 Å². The number of hydrogen-bond acceptors (Lipinski definition) is 4. The Kier molecular flexibility index (Phi) is 13.1. The minimum Gasteiger partial charge on any atom is 0 e. The number of aryl methyl sites for hydroxylation is 2. The molecule has 0 unspecified atom stereocenters. The van der Waals surface area contributed by atoms with Gasteiger partial charge in [-0.3, -0.25) is 9.97 Å². The van der Waals surface area contributed by atoms with Gasteiger partial charge in [0.15, 0.2) is 0 Å². The van der Waals surface area contributed by atoms with Crippen LogP contribution in [-0.2, 0) is 20.1 Å². The van der Waals surface area contributed by atoms with Crippen LogP contribution in [0.4, 0.5) is 0 Å². The van der Waals surface area contributed by atoms with Crippen LogP contribution in [0.3, 0.4) is 0 Å². The van der Waals surface area contributed by atoms with Gasteiger partial charge in [-0.25, -0.2) is 0 Å². The molecule has 0 atom stereocenters. The van der Waals surface area contributed by atoms with Crippen molar-refractivity contribution in [2.24, 2.45) is 0 Å². The van der Waals surface area contributed by atoms with Crippen LogP contribution in [0.15, 0.2) is 150 Å². The van der Waals surface area contributed by atoms with Gasteiger partial charge in [0.1, 0.15) is 5.58 Å². The van der Waals surface area contributed by atoms with Crippen LogP contribution in [-0.4, -0.2) is 32.8 Å². The first-order chi connectivity index (χ1) is 33.4. The molecule has 0 fully saturated rings. The maximum atomic E-state index is 7.44. The van der Waals surface area contributed by atoms with Gasteiger partial charge >= 0.3 is 130 Å².